The number of benzene rings is 1. The van der Waals surface area contributed by atoms with Crippen molar-refractivity contribution in [3.63, 3.8) is 0 Å². The number of ether oxygens (including phenoxy) is 1. The van der Waals surface area contributed by atoms with Gasteiger partial charge in [-0.3, -0.25) is 0 Å². The van der Waals surface area contributed by atoms with Crippen molar-refractivity contribution >= 4 is 6.03 Å². The van der Waals surface area contributed by atoms with Gasteiger partial charge in [0.1, 0.15) is 0 Å². The molecule has 0 radical (unpaired) electrons. The zero-order chi connectivity index (χ0) is 13.5. The highest BCUT2D eigenvalue weighted by atomic mass is 16.5. The van der Waals surface area contributed by atoms with Crippen molar-refractivity contribution < 1.29 is 9.53 Å². The van der Waals surface area contributed by atoms with E-state index in [2.05, 4.69) is 34.5 Å². The van der Waals surface area contributed by atoms with E-state index in [1.165, 1.54) is 11.1 Å². The average Bonchev–Trinajstić information content (AvgIpc) is 3.05. The van der Waals surface area contributed by atoms with Gasteiger partial charge in [-0.15, -0.1) is 0 Å². The maximum absolute atomic E-state index is 12.6. The fourth-order valence-electron chi connectivity index (χ4n) is 3.91. The SMILES string of the molecule is O=C(NC1CCOCC1)N1C2CCC1c1ccccc12. The van der Waals surface area contributed by atoms with E-state index in [-0.39, 0.29) is 24.2 Å². The third kappa shape index (κ3) is 1.82. The lowest BCUT2D eigenvalue weighted by Gasteiger charge is -2.28. The van der Waals surface area contributed by atoms with Gasteiger partial charge in [0.15, 0.2) is 0 Å². The lowest BCUT2D eigenvalue weighted by molar-refractivity contribution is 0.0772. The molecule has 0 aromatic heterocycles. The van der Waals surface area contributed by atoms with Gasteiger partial charge in [0.05, 0.1) is 12.1 Å². The van der Waals surface area contributed by atoms with Gasteiger partial charge in [0.2, 0.25) is 0 Å². The minimum Gasteiger partial charge on any atom is -0.381 e. The third-order valence-corrected chi connectivity index (χ3v) is 4.88. The Hall–Kier alpha value is -1.55. The fraction of sp³-hybridized carbons (Fsp3) is 0.562. The monoisotopic (exact) mass is 272 g/mol. The molecule has 0 saturated carbocycles. The first-order chi connectivity index (χ1) is 9.84. The van der Waals surface area contributed by atoms with Gasteiger partial charge in [-0.1, -0.05) is 24.3 Å². The van der Waals surface area contributed by atoms with Gasteiger partial charge in [-0.25, -0.2) is 4.79 Å². The van der Waals surface area contributed by atoms with Crippen LogP contribution in [0.3, 0.4) is 0 Å². The first-order valence-electron chi connectivity index (χ1n) is 7.60. The smallest absolute Gasteiger partial charge is 0.318 e. The summed E-state index contributed by atoms with van der Waals surface area (Å²) in [6.45, 7) is 1.52. The molecule has 1 aromatic carbocycles. The molecule has 1 N–H and O–H groups in total. The number of urea groups is 1. The molecular formula is C16H20N2O2. The van der Waals surface area contributed by atoms with Crippen molar-refractivity contribution in [2.75, 3.05) is 13.2 Å². The Bertz CT molecular complexity index is 494. The molecule has 3 heterocycles. The van der Waals surface area contributed by atoms with E-state index in [1.54, 1.807) is 0 Å². The highest BCUT2D eigenvalue weighted by Gasteiger charge is 2.46. The van der Waals surface area contributed by atoms with Crippen molar-refractivity contribution in [3.05, 3.63) is 35.4 Å². The summed E-state index contributed by atoms with van der Waals surface area (Å²) in [5.41, 5.74) is 2.71. The molecule has 20 heavy (non-hydrogen) atoms. The summed E-state index contributed by atoms with van der Waals surface area (Å²) >= 11 is 0. The summed E-state index contributed by atoms with van der Waals surface area (Å²) in [6, 6.07) is 9.47. The van der Waals surface area contributed by atoms with E-state index in [0.29, 0.717) is 0 Å². The second-order valence-electron chi connectivity index (χ2n) is 5.98. The molecule has 1 aromatic rings. The number of carbonyl (C=O) groups excluding carboxylic acids is 1. The summed E-state index contributed by atoms with van der Waals surface area (Å²) in [4.78, 5) is 14.7. The Morgan fingerprint density at radius 3 is 2.25 bits per heavy atom. The molecule has 2 amide bonds. The summed E-state index contributed by atoms with van der Waals surface area (Å²) in [5, 5.41) is 3.20. The Morgan fingerprint density at radius 1 is 1.05 bits per heavy atom. The van der Waals surface area contributed by atoms with E-state index in [1.807, 2.05) is 0 Å². The summed E-state index contributed by atoms with van der Waals surface area (Å²) < 4.78 is 5.35. The van der Waals surface area contributed by atoms with Gasteiger partial charge >= 0.3 is 6.03 Å². The van der Waals surface area contributed by atoms with Gasteiger partial charge in [0, 0.05) is 19.3 Å². The predicted octanol–water partition coefficient (Wildman–Crippen LogP) is 2.77. The van der Waals surface area contributed by atoms with Crippen molar-refractivity contribution in [3.8, 4) is 0 Å². The minimum absolute atomic E-state index is 0.112. The lowest BCUT2D eigenvalue weighted by Crippen LogP contribution is -2.45. The first-order valence-corrected chi connectivity index (χ1v) is 7.60. The van der Waals surface area contributed by atoms with Gasteiger partial charge < -0.3 is 15.0 Å². The third-order valence-electron chi connectivity index (χ3n) is 4.88. The Morgan fingerprint density at radius 2 is 1.65 bits per heavy atom. The van der Waals surface area contributed by atoms with Crippen molar-refractivity contribution in [2.24, 2.45) is 0 Å². The van der Waals surface area contributed by atoms with E-state index in [0.717, 1.165) is 38.9 Å². The highest BCUT2D eigenvalue weighted by Crippen LogP contribution is 2.52. The molecule has 2 unspecified atom stereocenters. The average molecular weight is 272 g/mol. The topological polar surface area (TPSA) is 41.6 Å². The molecule has 4 heteroatoms. The van der Waals surface area contributed by atoms with Crippen LogP contribution in [0, 0.1) is 0 Å². The molecule has 106 valence electrons. The Kier molecular flexibility index (Phi) is 2.91. The maximum atomic E-state index is 12.6. The van der Waals surface area contributed by atoms with E-state index in [4.69, 9.17) is 4.74 Å². The summed E-state index contributed by atoms with van der Waals surface area (Å²) in [7, 11) is 0. The first kappa shape index (κ1) is 12.2. The van der Waals surface area contributed by atoms with Crippen LogP contribution in [0.15, 0.2) is 24.3 Å². The van der Waals surface area contributed by atoms with Crippen molar-refractivity contribution in [2.45, 2.75) is 43.8 Å². The Balaban J connectivity index is 1.51. The highest BCUT2D eigenvalue weighted by molar-refractivity contribution is 5.77. The normalized spacial score (nSPS) is 28.5. The number of hydrogen-bond donors (Lipinski definition) is 1. The fourth-order valence-corrected chi connectivity index (χ4v) is 3.91. The molecule has 3 aliphatic heterocycles. The maximum Gasteiger partial charge on any atom is 0.318 e. The molecule has 2 saturated heterocycles. The molecule has 2 atom stereocenters. The van der Waals surface area contributed by atoms with E-state index < -0.39 is 0 Å². The van der Waals surface area contributed by atoms with E-state index in [9.17, 15) is 4.79 Å². The van der Waals surface area contributed by atoms with E-state index >= 15 is 0 Å². The van der Waals surface area contributed by atoms with Crippen LogP contribution in [-0.2, 0) is 4.74 Å². The van der Waals surface area contributed by atoms with Crippen LogP contribution in [0.1, 0.15) is 48.9 Å². The number of hydrogen-bond acceptors (Lipinski definition) is 2. The van der Waals surface area contributed by atoms with Crippen LogP contribution in [0.25, 0.3) is 0 Å². The quantitative estimate of drug-likeness (QED) is 0.854. The second kappa shape index (κ2) is 4.77. The summed E-state index contributed by atoms with van der Waals surface area (Å²) in [5.74, 6) is 0. The summed E-state index contributed by atoms with van der Waals surface area (Å²) in [6.07, 6.45) is 4.06. The number of rotatable bonds is 1. The van der Waals surface area contributed by atoms with Crippen LogP contribution < -0.4 is 5.32 Å². The number of carbonyl (C=O) groups is 1. The second-order valence-corrected chi connectivity index (χ2v) is 5.98. The zero-order valence-electron chi connectivity index (χ0n) is 11.5. The lowest BCUT2D eigenvalue weighted by atomic mass is 9.92. The number of amides is 2. The standard InChI is InChI=1S/C16H20N2O2/c19-16(17-11-7-9-20-10-8-11)18-14-5-6-15(18)13-4-2-1-3-12(13)14/h1-4,11,14-15H,5-10H2,(H,17,19). The minimum atomic E-state index is 0.112. The van der Waals surface area contributed by atoms with Gasteiger partial charge in [-0.2, -0.15) is 0 Å². The largest absolute Gasteiger partial charge is 0.381 e. The van der Waals surface area contributed by atoms with Crippen LogP contribution >= 0.6 is 0 Å². The van der Waals surface area contributed by atoms with Gasteiger partial charge in [0.25, 0.3) is 0 Å². The molecular weight excluding hydrogens is 252 g/mol. The van der Waals surface area contributed by atoms with Crippen molar-refractivity contribution in [1.29, 1.82) is 0 Å². The molecule has 0 spiro atoms. The van der Waals surface area contributed by atoms with Crippen LogP contribution in [0.5, 0.6) is 0 Å². The molecule has 3 aliphatic rings. The molecule has 4 rings (SSSR count). The molecule has 0 aliphatic carbocycles. The predicted molar refractivity (Wildman–Crippen MR) is 75.4 cm³/mol. The van der Waals surface area contributed by atoms with Crippen molar-refractivity contribution in [1.82, 2.24) is 10.2 Å². The molecule has 2 fully saturated rings. The van der Waals surface area contributed by atoms with Crippen LogP contribution in [0.4, 0.5) is 4.79 Å². The molecule has 2 bridgehead atoms. The van der Waals surface area contributed by atoms with Gasteiger partial charge in [-0.05, 0) is 36.8 Å². The number of nitrogens with one attached hydrogen (secondary N) is 1. The number of fused-ring (bicyclic) bond motifs is 5. The molecule has 4 nitrogen and oxygen atoms in total. The van der Waals surface area contributed by atoms with Crippen LogP contribution in [-0.4, -0.2) is 30.2 Å². The number of nitrogens with zero attached hydrogens (tertiary/aromatic N) is 1. The Labute approximate surface area is 119 Å². The van der Waals surface area contributed by atoms with Crippen LogP contribution in [0.2, 0.25) is 0 Å². The zero-order valence-corrected chi connectivity index (χ0v) is 11.5.